The minimum Gasteiger partial charge on any atom is -0.310 e. The third-order valence-electron chi connectivity index (χ3n) is 9.13. The first-order chi connectivity index (χ1) is 20.9. The summed E-state index contributed by atoms with van der Waals surface area (Å²) in [6.45, 7) is 0. The van der Waals surface area contributed by atoms with Gasteiger partial charge >= 0.3 is 0 Å². The maximum absolute atomic E-state index is 2.50. The van der Waals surface area contributed by atoms with Crippen LogP contribution in [-0.2, 0) is 0 Å². The van der Waals surface area contributed by atoms with Gasteiger partial charge in [-0.15, -0.1) is 0 Å². The average molecular weight is 543 g/mol. The van der Waals surface area contributed by atoms with Gasteiger partial charge in [-0.25, -0.2) is 0 Å². The first-order valence-corrected chi connectivity index (χ1v) is 15.2. The number of benzene rings is 3. The van der Waals surface area contributed by atoms with E-state index in [0.29, 0.717) is 5.92 Å². The molecule has 0 N–H and O–H groups in total. The van der Waals surface area contributed by atoms with Gasteiger partial charge in [0.25, 0.3) is 0 Å². The Balaban J connectivity index is 1.42. The molecule has 2 nitrogen and oxygen atoms in total. The summed E-state index contributed by atoms with van der Waals surface area (Å²) in [4.78, 5) is 4.95. The minimum absolute atomic E-state index is 0.269. The van der Waals surface area contributed by atoms with E-state index in [-0.39, 0.29) is 5.92 Å². The number of para-hydroxylation sites is 3. The maximum atomic E-state index is 2.50. The molecular formula is C40H34N2. The molecule has 3 aromatic rings. The van der Waals surface area contributed by atoms with Crippen molar-refractivity contribution < 1.29 is 0 Å². The third kappa shape index (κ3) is 4.18. The quantitative estimate of drug-likeness (QED) is 0.306. The molecule has 0 bridgehead atoms. The molecule has 0 aliphatic heterocycles. The van der Waals surface area contributed by atoms with Crippen LogP contribution in [0.1, 0.15) is 25.7 Å². The van der Waals surface area contributed by atoms with Crippen LogP contribution < -0.4 is 9.80 Å². The Morgan fingerprint density at radius 3 is 1.88 bits per heavy atom. The van der Waals surface area contributed by atoms with Crippen molar-refractivity contribution in [2.75, 3.05) is 9.80 Å². The van der Waals surface area contributed by atoms with Crippen LogP contribution in [0.4, 0.5) is 17.1 Å². The highest BCUT2D eigenvalue weighted by Gasteiger charge is 2.43. The van der Waals surface area contributed by atoms with Gasteiger partial charge in [0, 0.05) is 34.6 Å². The zero-order chi connectivity index (χ0) is 27.9. The minimum atomic E-state index is 0.269. The predicted molar refractivity (Wildman–Crippen MR) is 175 cm³/mol. The van der Waals surface area contributed by atoms with Gasteiger partial charge in [0.05, 0.1) is 11.4 Å². The molecule has 204 valence electrons. The second kappa shape index (κ2) is 10.5. The van der Waals surface area contributed by atoms with E-state index in [1.165, 1.54) is 50.9 Å². The van der Waals surface area contributed by atoms with E-state index in [4.69, 9.17) is 0 Å². The highest BCUT2D eigenvalue weighted by Crippen LogP contribution is 2.55. The van der Waals surface area contributed by atoms with Crippen molar-refractivity contribution in [2.24, 2.45) is 11.8 Å². The third-order valence-corrected chi connectivity index (χ3v) is 9.13. The lowest BCUT2D eigenvalue weighted by atomic mass is 9.62. The standard InChI is InChI=1S/C40H34N2/c1-5-16-31(17-6-1)41(32-18-7-2-8-19-32)37-28-38(42(33-20-9-3-10-21-33)34-22-11-4-12-23-34)36-27-25-30-15-13-14-29-24-26-35(37)40(36)39(29)30/h1-3,5-11,15-28,39-40H,4,12-14H2. The summed E-state index contributed by atoms with van der Waals surface area (Å²) in [5.41, 5.74) is 13.1. The molecule has 0 fully saturated rings. The molecule has 2 atom stereocenters. The molecule has 0 radical (unpaired) electrons. The van der Waals surface area contributed by atoms with Crippen LogP contribution in [-0.4, -0.2) is 0 Å². The number of rotatable bonds is 6. The van der Waals surface area contributed by atoms with Gasteiger partial charge in [0.15, 0.2) is 0 Å². The highest BCUT2D eigenvalue weighted by molar-refractivity contribution is 5.78. The number of anilines is 3. The van der Waals surface area contributed by atoms with Crippen molar-refractivity contribution in [2.45, 2.75) is 25.7 Å². The topological polar surface area (TPSA) is 6.48 Å². The lowest BCUT2D eigenvalue weighted by Crippen LogP contribution is -2.37. The van der Waals surface area contributed by atoms with Gasteiger partial charge < -0.3 is 9.80 Å². The van der Waals surface area contributed by atoms with Gasteiger partial charge in [-0.1, -0.05) is 103 Å². The lowest BCUT2D eigenvalue weighted by Gasteiger charge is -2.46. The molecule has 2 heteroatoms. The molecule has 5 aliphatic carbocycles. The summed E-state index contributed by atoms with van der Waals surface area (Å²) in [6, 6.07) is 32.6. The van der Waals surface area contributed by atoms with E-state index in [9.17, 15) is 0 Å². The Kier molecular flexibility index (Phi) is 6.26. The van der Waals surface area contributed by atoms with Crippen LogP contribution in [0.15, 0.2) is 185 Å². The monoisotopic (exact) mass is 542 g/mol. The fourth-order valence-corrected chi connectivity index (χ4v) is 7.31. The number of allylic oxidation sites excluding steroid dienone is 13. The molecule has 0 amide bonds. The van der Waals surface area contributed by atoms with E-state index >= 15 is 0 Å². The van der Waals surface area contributed by atoms with Crippen LogP contribution in [0, 0.1) is 11.8 Å². The van der Waals surface area contributed by atoms with Crippen molar-refractivity contribution >= 4 is 17.1 Å². The molecule has 0 saturated heterocycles. The van der Waals surface area contributed by atoms with E-state index in [1.807, 2.05) is 0 Å². The van der Waals surface area contributed by atoms with Crippen LogP contribution in [0.2, 0.25) is 0 Å². The van der Waals surface area contributed by atoms with E-state index < -0.39 is 0 Å². The summed E-state index contributed by atoms with van der Waals surface area (Å²) in [7, 11) is 0. The predicted octanol–water partition coefficient (Wildman–Crippen LogP) is 10.1. The molecule has 0 heterocycles. The Hall–Kier alpha value is -4.82. The first-order valence-electron chi connectivity index (χ1n) is 15.2. The van der Waals surface area contributed by atoms with Gasteiger partial charge in [-0.2, -0.15) is 0 Å². The van der Waals surface area contributed by atoms with Gasteiger partial charge in [0.1, 0.15) is 0 Å². The largest absolute Gasteiger partial charge is 0.310 e. The molecule has 2 unspecified atom stereocenters. The van der Waals surface area contributed by atoms with Crippen LogP contribution in [0.3, 0.4) is 0 Å². The van der Waals surface area contributed by atoms with Gasteiger partial charge in [-0.3, -0.25) is 0 Å². The molecule has 8 rings (SSSR count). The molecular weight excluding hydrogens is 508 g/mol. The smallest absolute Gasteiger partial charge is 0.0521 e. The summed E-state index contributed by atoms with van der Waals surface area (Å²) in [5.74, 6) is 0.658. The summed E-state index contributed by atoms with van der Waals surface area (Å²) < 4.78 is 0. The Morgan fingerprint density at radius 2 is 1.24 bits per heavy atom. The summed E-state index contributed by atoms with van der Waals surface area (Å²) >= 11 is 0. The Bertz CT molecular complexity index is 1720. The SMILES string of the molecule is C1=CC(N(C2=C3C=CC4=CCCC5=CC=C(C(N(c6ccccc6)c6ccccc6)=C2)C3C45)c2ccccc2)=CCC1. The van der Waals surface area contributed by atoms with Crippen molar-refractivity contribution in [3.05, 3.63) is 185 Å². The zero-order valence-electron chi connectivity index (χ0n) is 23.7. The van der Waals surface area contributed by atoms with Crippen LogP contribution in [0.5, 0.6) is 0 Å². The van der Waals surface area contributed by atoms with Crippen molar-refractivity contribution in [3.63, 3.8) is 0 Å². The average Bonchev–Trinajstić information content (AvgIpc) is 3.07. The summed E-state index contributed by atoms with van der Waals surface area (Å²) in [5, 5.41) is 0. The fraction of sp³-hybridized carbons (Fsp3) is 0.150. The number of hydrogen-bond donors (Lipinski definition) is 0. The molecule has 42 heavy (non-hydrogen) atoms. The molecule has 0 aromatic heterocycles. The lowest BCUT2D eigenvalue weighted by molar-refractivity contribution is 0.512. The second-order valence-corrected chi connectivity index (χ2v) is 11.6. The van der Waals surface area contributed by atoms with E-state index in [2.05, 4.69) is 155 Å². The van der Waals surface area contributed by atoms with E-state index in [1.54, 1.807) is 5.57 Å². The Labute approximate surface area is 249 Å². The molecule has 3 aromatic carbocycles. The van der Waals surface area contributed by atoms with Gasteiger partial charge in [0.2, 0.25) is 0 Å². The highest BCUT2D eigenvalue weighted by atomic mass is 15.2. The van der Waals surface area contributed by atoms with Crippen molar-refractivity contribution in [1.82, 2.24) is 0 Å². The molecule has 0 saturated carbocycles. The van der Waals surface area contributed by atoms with Crippen molar-refractivity contribution in [1.29, 1.82) is 0 Å². The second-order valence-electron chi connectivity index (χ2n) is 11.6. The molecule has 5 aliphatic rings. The van der Waals surface area contributed by atoms with Crippen LogP contribution >= 0.6 is 0 Å². The Morgan fingerprint density at radius 1 is 0.571 bits per heavy atom. The van der Waals surface area contributed by atoms with Gasteiger partial charge in [-0.05, 0) is 91.0 Å². The fourth-order valence-electron chi connectivity index (χ4n) is 7.31. The van der Waals surface area contributed by atoms with Crippen LogP contribution in [0.25, 0.3) is 0 Å². The zero-order valence-corrected chi connectivity index (χ0v) is 23.7. The van der Waals surface area contributed by atoms with Crippen molar-refractivity contribution in [3.8, 4) is 0 Å². The maximum Gasteiger partial charge on any atom is 0.0521 e. The van der Waals surface area contributed by atoms with E-state index in [0.717, 1.165) is 25.7 Å². The first kappa shape index (κ1) is 24.9. The number of nitrogens with zero attached hydrogens (tertiary/aromatic N) is 2. The summed E-state index contributed by atoms with van der Waals surface area (Å²) in [6.07, 6.45) is 26.0. The number of hydrogen-bond acceptors (Lipinski definition) is 2. The molecule has 0 spiro atoms. The normalized spacial score (nSPS) is 21.9.